The average molecular weight is 362 g/mol. The number of nitrogens with zero attached hydrogens (tertiary/aromatic N) is 1. The number of likely N-dealkylation sites (N-methyl/N-ethyl adjacent to an activating group) is 1. The first-order valence-electron chi connectivity index (χ1n) is 8.53. The summed E-state index contributed by atoms with van der Waals surface area (Å²) >= 11 is 0. The highest BCUT2D eigenvalue weighted by Crippen LogP contribution is 2.14. The summed E-state index contributed by atoms with van der Waals surface area (Å²) in [5.74, 6) is 0.00878. The molecule has 0 aliphatic rings. The Bertz CT molecular complexity index is 688. The number of hydrogen-bond donors (Lipinski definition) is 1. The van der Waals surface area contributed by atoms with E-state index in [9.17, 15) is 13.6 Å². The van der Waals surface area contributed by atoms with Gasteiger partial charge >= 0.3 is 6.61 Å². The predicted octanol–water partition coefficient (Wildman–Crippen LogP) is 3.60. The molecule has 0 spiro atoms. The molecule has 4 nitrogen and oxygen atoms in total. The van der Waals surface area contributed by atoms with Crippen molar-refractivity contribution in [1.29, 1.82) is 0 Å². The first kappa shape index (κ1) is 19.8. The largest absolute Gasteiger partial charge is 0.435 e. The molecule has 0 aromatic heterocycles. The molecule has 0 saturated carbocycles. The molecular formula is C20H24F2N2O2. The molecule has 0 saturated heterocycles. The molecule has 0 aliphatic heterocycles. The van der Waals surface area contributed by atoms with E-state index in [-0.39, 0.29) is 18.2 Å². The monoisotopic (exact) mass is 362 g/mol. The highest BCUT2D eigenvalue weighted by Gasteiger charge is 2.08. The Hall–Kier alpha value is -2.47. The Balaban J connectivity index is 1.75. The molecule has 0 bridgehead atoms. The molecule has 0 radical (unpaired) electrons. The Kier molecular flexibility index (Phi) is 7.53. The van der Waals surface area contributed by atoms with Gasteiger partial charge in [0.05, 0.1) is 6.54 Å². The van der Waals surface area contributed by atoms with E-state index in [1.165, 1.54) is 17.7 Å². The minimum Gasteiger partial charge on any atom is -0.435 e. The zero-order valence-electron chi connectivity index (χ0n) is 15.0. The van der Waals surface area contributed by atoms with Crippen LogP contribution in [-0.2, 0) is 24.3 Å². The maximum absolute atomic E-state index is 12.1. The summed E-state index contributed by atoms with van der Waals surface area (Å²) in [7, 11) is 1.89. The molecule has 0 fully saturated rings. The smallest absolute Gasteiger partial charge is 0.387 e. The van der Waals surface area contributed by atoms with E-state index >= 15 is 0 Å². The normalized spacial score (nSPS) is 11.0. The molecule has 0 unspecified atom stereocenters. The van der Waals surface area contributed by atoms with E-state index < -0.39 is 6.61 Å². The molecular weight excluding hydrogens is 338 g/mol. The molecule has 6 heteroatoms. The lowest BCUT2D eigenvalue weighted by molar-refractivity contribution is -0.122. The number of carbonyl (C=O) groups excluding carboxylic acids is 1. The van der Waals surface area contributed by atoms with Gasteiger partial charge in [-0.2, -0.15) is 8.78 Å². The summed E-state index contributed by atoms with van der Waals surface area (Å²) in [6, 6.07) is 14.6. The molecule has 0 heterocycles. The van der Waals surface area contributed by atoms with Gasteiger partial charge in [0.2, 0.25) is 5.91 Å². The maximum atomic E-state index is 12.1. The van der Waals surface area contributed by atoms with Crippen LogP contribution in [0.5, 0.6) is 5.75 Å². The number of ether oxygens (including phenoxy) is 1. The molecule has 0 aliphatic carbocycles. The lowest BCUT2D eigenvalue weighted by atomic mass is 10.1. The van der Waals surface area contributed by atoms with Gasteiger partial charge in [0.15, 0.2) is 0 Å². The van der Waals surface area contributed by atoms with Gasteiger partial charge in [0.1, 0.15) is 5.75 Å². The highest BCUT2D eigenvalue weighted by atomic mass is 19.3. The van der Waals surface area contributed by atoms with E-state index in [0.717, 1.165) is 17.5 Å². The zero-order chi connectivity index (χ0) is 18.9. The minimum atomic E-state index is -2.84. The van der Waals surface area contributed by atoms with Gasteiger partial charge in [-0.3, -0.25) is 9.69 Å². The van der Waals surface area contributed by atoms with Gasteiger partial charge < -0.3 is 10.1 Å². The summed E-state index contributed by atoms with van der Waals surface area (Å²) in [4.78, 5) is 14.0. The van der Waals surface area contributed by atoms with Crippen molar-refractivity contribution < 1.29 is 18.3 Å². The number of rotatable bonds is 9. The summed E-state index contributed by atoms with van der Waals surface area (Å²) in [6.07, 6.45) is 1.01. The lowest BCUT2D eigenvalue weighted by Crippen LogP contribution is -2.34. The maximum Gasteiger partial charge on any atom is 0.387 e. The van der Waals surface area contributed by atoms with Crippen LogP contribution in [0.15, 0.2) is 48.5 Å². The highest BCUT2D eigenvalue weighted by molar-refractivity contribution is 5.77. The van der Waals surface area contributed by atoms with E-state index in [2.05, 4.69) is 41.2 Å². The predicted molar refractivity (Wildman–Crippen MR) is 97.1 cm³/mol. The number of halogens is 2. The van der Waals surface area contributed by atoms with Crippen molar-refractivity contribution in [2.75, 3.05) is 13.6 Å². The minimum absolute atomic E-state index is 0.0921. The van der Waals surface area contributed by atoms with Crippen molar-refractivity contribution in [2.24, 2.45) is 0 Å². The van der Waals surface area contributed by atoms with Crippen molar-refractivity contribution >= 4 is 5.91 Å². The van der Waals surface area contributed by atoms with Crippen LogP contribution in [0.25, 0.3) is 0 Å². The van der Waals surface area contributed by atoms with Crippen LogP contribution in [0.3, 0.4) is 0 Å². The molecule has 2 aromatic rings. The number of amides is 1. The molecule has 1 amide bonds. The summed E-state index contributed by atoms with van der Waals surface area (Å²) in [5.41, 5.74) is 3.27. The second kappa shape index (κ2) is 9.87. The van der Waals surface area contributed by atoms with Crippen molar-refractivity contribution in [2.45, 2.75) is 33.0 Å². The van der Waals surface area contributed by atoms with Crippen molar-refractivity contribution in [3.8, 4) is 5.75 Å². The van der Waals surface area contributed by atoms with Gasteiger partial charge in [-0.25, -0.2) is 0 Å². The third-order valence-corrected chi connectivity index (χ3v) is 3.94. The Morgan fingerprint density at radius 3 is 2.19 bits per heavy atom. The number of nitrogens with one attached hydrogen (secondary N) is 1. The van der Waals surface area contributed by atoms with Crippen LogP contribution in [0, 0.1) is 0 Å². The topological polar surface area (TPSA) is 41.6 Å². The summed E-state index contributed by atoms with van der Waals surface area (Å²) < 4.78 is 28.5. The van der Waals surface area contributed by atoms with E-state index in [4.69, 9.17) is 0 Å². The van der Waals surface area contributed by atoms with Gasteiger partial charge in [-0.15, -0.1) is 0 Å². The second-order valence-electron chi connectivity index (χ2n) is 6.14. The number of hydrogen-bond acceptors (Lipinski definition) is 3. The number of carbonyl (C=O) groups is 1. The first-order valence-corrected chi connectivity index (χ1v) is 8.53. The fourth-order valence-electron chi connectivity index (χ4n) is 2.54. The Morgan fingerprint density at radius 2 is 1.62 bits per heavy atom. The van der Waals surface area contributed by atoms with Crippen LogP contribution in [-0.4, -0.2) is 31.0 Å². The van der Waals surface area contributed by atoms with Crippen LogP contribution >= 0.6 is 0 Å². The molecule has 2 aromatic carbocycles. The van der Waals surface area contributed by atoms with Crippen molar-refractivity contribution in [1.82, 2.24) is 10.2 Å². The second-order valence-corrected chi connectivity index (χ2v) is 6.14. The lowest BCUT2D eigenvalue weighted by Gasteiger charge is -2.16. The van der Waals surface area contributed by atoms with Crippen LogP contribution in [0.1, 0.15) is 23.6 Å². The van der Waals surface area contributed by atoms with Crippen LogP contribution < -0.4 is 10.1 Å². The number of alkyl halides is 2. The van der Waals surface area contributed by atoms with Gasteiger partial charge in [0.25, 0.3) is 0 Å². The van der Waals surface area contributed by atoms with E-state index in [0.29, 0.717) is 13.1 Å². The molecule has 2 rings (SSSR count). The standard InChI is InChI=1S/C20H24F2N2O2/c1-3-15-4-6-17(7-5-15)13-24(2)14-19(25)23-12-16-8-10-18(11-9-16)26-20(21)22/h4-11,20H,3,12-14H2,1-2H3,(H,23,25). The number of aryl methyl sites for hydroxylation is 1. The van der Waals surface area contributed by atoms with E-state index in [1.807, 2.05) is 11.9 Å². The number of benzene rings is 2. The van der Waals surface area contributed by atoms with Crippen molar-refractivity contribution in [3.63, 3.8) is 0 Å². The van der Waals surface area contributed by atoms with Gasteiger partial charge in [-0.05, 0) is 42.3 Å². The summed E-state index contributed by atoms with van der Waals surface area (Å²) in [6.45, 7) is 0.589. The van der Waals surface area contributed by atoms with Gasteiger partial charge in [0, 0.05) is 13.1 Å². The summed E-state index contributed by atoms with van der Waals surface area (Å²) in [5, 5.41) is 2.82. The Labute approximate surface area is 152 Å². The fraction of sp³-hybridized carbons (Fsp3) is 0.350. The fourth-order valence-corrected chi connectivity index (χ4v) is 2.54. The van der Waals surface area contributed by atoms with E-state index in [1.54, 1.807) is 12.1 Å². The van der Waals surface area contributed by atoms with Gasteiger partial charge in [-0.1, -0.05) is 43.3 Å². The zero-order valence-corrected chi connectivity index (χ0v) is 15.0. The van der Waals surface area contributed by atoms with Crippen LogP contribution in [0.4, 0.5) is 8.78 Å². The third-order valence-electron chi connectivity index (χ3n) is 3.94. The SMILES string of the molecule is CCc1ccc(CN(C)CC(=O)NCc2ccc(OC(F)F)cc2)cc1. The molecule has 1 N–H and O–H groups in total. The third kappa shape index (κ3) is 6.80. The molecule has 0 atom stereocenters. The van der Waals surface area contributed by atoms with Crippen LogP contribution in [0.2, 0.25) is 0 Å². The quantitative estimate of drug-likeness (QED) is 0.741. The molecule has 26 heavy (non-hydrogen) atoms. The Morgan fingerprint density at radius 1 is 1.04 bits per heavy atom. The first-order chi connectivity index (χ1) is 12.5. The van der Waals surface area contributed by atoms with Crippen molar-refractivity contribution in [3.05, 3.63) is 65.2 Å². The molecule has 140 valence electrons. The average Bonchev–Trinajstić information content (AvgIpc) is 2.61.